The van der Waals surface area contributed by atoms with Gasteiger partial charge in [0.05, 0.1) is 0 Å². The van der Waals surface area contributed by atoms with Gasteiger partial charge in [-0.2, -0.15) is 0 Å². The van der Waals surface area contributed by atoms with Gasteiger partial charge in [0.15, 0.2) is 0 Å². The fraction of sp³-hybridized carbons (Fsp3) is 0.556. The maximum atomic E-state index is 2.48. The Balaban J connectivity index is 2.16. The Morgan fingerprint density at radius 1 is 1.11 bits per heavy atom. The van der Waals surface area contributed by atoms with Crippen LogP contribution in [0.15, 0.2) is 23.8 Å². The zero-order chi connectivity index (χ0) is 13.0. The normalized spacial score (nSPS) is 28.6. The highest BCUT2D eigenvalue weighted by Crippen LogP contribution is 2.56. The summed E-state index contributed by atoms with van der Waals surface area (Å²) in [4.78, 5) is 0. The summed E-state index contributed by atoms with van der Waals surface area (Å²) in [6, 6.07) is 7.09. The molecule has 2 aliphatic carbocycles. The first-order chi connectivity index (χ1) is 8.47. The standard InChI is InChI=1S/C18H24/c1-5-13-7-8-14-12-16-17(2,3)9-6-10-18(16,4)15(14)11-13/h7-8,11-12H,5-6,9-10H2,1-4H3. The van der Waals surface area contributed by atoms with Gasteiger partial charge < -0.3 is 0 Å². The molecule has 1 atom stereocenters. The summed E-state index contributed by atoms with van der Waals surface area (Å²) in [6.45, 7) is 9.55. The number of benzene rings is 1. The van der Waals surface area contributed by atoms with Crippen LogP contribution < -0.4 is 0 Å². The summed E-state index contributed by atoms with van der Waals surface area (Å²) < 4.78 is 0. The Morgan fingerprint density at radius 2 is 1.89 bits per heavy atom. The van der Waals surface area contributed by atoms with Gasteiger partial charge >= 0.3 is 0 Å². The molecule has 1 aromatic rings. The lowest BCUT2D eigenvalue weighted by atomic mass is 9.60. The van der Waals surface area contributed by atoms with Gasteiger partial charge in [0.2, 0.25) is 0 Å². The van der Waals surface area contributed by atoms with Gasteiger partial charge in [-0.05, 0) is 41.4 Å². The number of rotatable bonds is 1. The molecule has 0 aromatic heterocycles. The molecule has 0 bridgehead atoms. The third kappa shape index (κ3) is 1.51. The van der Waals surface area contributed by atoms with E-state index in [1.54, 1.807) is 11.1 Å². The minimum absolute atomic E-state index is 0.308. The fourth-order valence-corrected chi connectivity index (χ4v) is 4.12. The molecule has 2 aliphatic rings. The highest BCUT2D eigenvalue weighted by Gasteiger charge is 2.46. The van der Waals surface area contributed by atoms with Crippen LogP contribution in [-0.2, 0) is 11.8 Å². The van der Waals surface area contributed by atoms with Crippen molar-refractivity contribution in [3.05, 3.63) is 40.5 Å². The molecule has 0 radical (unpaired) electrons. The van der Waals surface area contributed by atoms with E-state index in [1.165, 1.54) is 30.4 Å². The van der Waals surface area contributed by atoms with E-state index in [2.05, 4.69) is 52.0 Å². The summed E-state index contributed by atoms with van der Waals surface area (Å²) in [5.74, 6) is 0. The van der Waals surface area contributed by atoms with Gasteiger partial charge in [0.25, 0.3) is 0 Å². The molecule has 0 heterocycles. The summed E-state index contributed by atoms with van der Waals surface area (Å²) >= 11 is 0. The predicted octanol–water partition coefficient (Wildman–Crippen LogP) is 5.11. The lowest BCUT2D eigenvalue weighted by molar-refractivity contribution is 0.266. The van der Waals surface area contributed by atoms with Crippen LogP contribution in [-0.4, -0.2) is 0 Å². The van der Waals surface area contributed by atoms with Crippen LogP contribution in [0.4, 0.5) is 0 Å². The van der Waals surface area contributed by atoms with E-state index in [9.17, 15) is 0 Å². The van der Waals surface area contributed by atoms with E-state index in [0.29, 0.717) is 10.8 Å². The summed E-state index contributed by atoms with van der Waals surface area (Å²) in [5, 5.41) is 0. The van der Waals surface area contributed by atoms with Crippen molar-refractivity contribution in [1.82, 2.24) is 0 Å². The van der Waals surface area contributed by atoms with E-state index in [4.69, 9.17) is 0 Å². The monoisotopic (exact) mass is 240 g/mol. The zero-order valence-corrected chi connectivity index (χ0v) is 12.1. The number of hydrogen-bond donors (Lipinski definition) is 0. The lowest BCUT2D eigenvalue weighted by Crippen LogP contribution is -2.35. The Bertz CT molecular complexity index is 519. The summed E-state index contributed by atoms with van der Waals surface area (Å²) in [7, 11) is 0. The number of fused-ring (bicyclic) bond motifs is 3. The molecule has 0 aliphatic heterocycles. The first-order valence-corrected chi connectivity index (χ1v) is 7.33. The molecule has 1 saturated carbocycles. The quantitative estimate of drug-likeness (QED) is 0.639. The van der Waals surface area contributed by atoms with E-state index in [1.807, 2.05) is 0 Å². The van der Waals surface area contributed by atoms with E-state index < -0.39 is 0 Å². The highest BCUT2D eigenvalue weighted by atomic mass is 14.5. The van der Waals surface area contributed by atoms with Crippen molar-refractivity contribution in [2.24, 2.45) is 5.41 Å². The fourth-order valence-electron chi connectivity index (χ4n) is 4.12. The van der Waals surface area contributed by atoms with Crippen molar-refractivity contribution in [2.75, 3.05) is 0 Å². The molecule has 1 aromatic carbocycles. The van der Waals surface area contributed by atoms with Crippen LogP contribution >= 0.6 is 0 Å². The second-order valence-corrected chi connectivity index (χ2v) is 6.90. The van der Waals surface area contributed by atoms with Crippen LogP contribution in [0, 0.1) is 5.41 Å². The molecule has 18 heavy (non-hydrogen) atoms. The molecule has 0 N–H and O–H groups in total. The van der Waals surface area contributed by atoms with Gasteiger partial charge in [0, 0.05) is 5.41 Å². The largest absolute Gasteiger partial charge is 0.0613 e. The third-order valence-corrected chi connectivity index (χ3v) is 5.22. The minimum Gasteiger partial charge on any atom is -0.0613 e. The zero-order valence-electron chi connectivity index (χ0n) is 12.1. The van der Waals surface area contributed by atoms with E-state index in [-0.39, 0.29) is 0 Å². The molecule has 0 saturated heterocycles. The first-order valence-electron chi connectivity index (χ1n) is 7.33. The highest BCUT2D eigenvalue weighted by molar-refractivity contribution is 5.71. The van der Waals surface area contributed by atoms with Gasteiger partial charge in [0.1, 0.15) is 0 Å². The molecular weight excluding hydrogens is 216 g/mol. The van der Waals surface area contributed by atoms with Crippen molar-refractivity contribution in [3.63, 3.8) is 0 Å². The number of allylic oxidation sites excluding steroid dienone is 1. The molecule has 0 spiro atoms. The van der Waals surface area contributed by atoms with Crippen molar-refractivity contribution < 1.29 is 0 Å². The Hall–Kier alpha value is -1.04. The molecule has 1 fully saturated rings. The summed E-state index contributed by atoms with van der Waals surface area (Å²) in [6.07, 6.45) is 7.64. The maximum Gasteiger partial charge on any atom is 0.0148 e. The maximum absolute atomic E-state index is 2.48. The van der Waals surface area contributed by atoms with Gasteiger partial charge in [-0.25, -0.2) is 0 Å². The molecular formula is C18H24. The second kappa shape index (κ2) is 3.73. The van der Waals surface area contributed by atoms with Gasteiger partial charge in [-0.1, -0.05) is 64.0 Å². The Kier molecular flexibility index (Phi) is 2.49. The molecule has 3 rings (SSSR count). The van der Waals surface area contributed by atoms with Gasteiger partial charge in [-0.3, -0.25) is 0 Å². The molecule has 96 valence electrons. The van der Waals surface area contributed by atoms with E-state index >= 15 is 0 Å². The first kappa shape index (κ1) is 12.0. The average Bonchev–Trinajstić information content (AvgIpc) is 2.63. The molecule has 0 nitrogen and oxygen atoms in total. The smallest absolute Gasteiger partial charge is 0.0148 e. The third-order valence-electron chi connectivity index (χ3n) is 5.22. The minimum atomic E-state index is 0.308. The molecule has 0 amide bonds. The second-order valence-electron chi connectivity index (χ2n) is 6.90. The van der Waals surface area contributed by atoms with E-state index in [0.717, 1.165) is 6.42 Å². The summed E-state index contributed by atoms with van der Waals surface area (Å²) in [5.41, 5.74) is 6.89. The topological polar surface area (TPSA) is 0 Å². The van der Waals surface area contributed by atoms with Crippen LogP contribution in [0.5, 0.6) is 0 Å². The van der Waals surface area contributed by atoms with Crippen molar-refractivity contribution in [1.29, 1.82) is 0 Å². The van der Waals surface area contributed by atoms with Crippen LogP contribution in [0.1, 0.15) is 63.6 Å². The lowest BCUT2D eigenvalue weighted by Gasteiger charge is -2.44. The van der Waals surface area contributed by atoms with Crippen LogP contribution in [0.3, 0.4) is 0 Å². The van der Waals surface area contributed by atoms with Crippen molar-refractivity contribution >= 4 is 6.08 Å². The van der Waals surface area contributed by atoms with Gasteiger partial charge in [-0.15, -0.1) is 0 Å². The number of aryl methyl sites for hydroxylation is 1. The molecule has 0 heteroatoms. The van der Waals surface area contributed by atoms with Crippen molar-refractivity contribution in [2.45, 2.75) is 58.8 Å². The Morgan fingerprint density at radius 3 is 2.61 bits per heavy atom. The average molecular weight is 240 g/mol. The Labute approximate surface area is 111 Å². The SMILES string of the molecule is CCc1ccc2c(c1)C1(C)CCCC(C)(C)C1=C2. The van der Waals surface area contributed by atoms with Crippen molar-refractivity contribution in [3.8, 4) is 0 Å². The predicted molar refractivity (Wildman–Crippen MR) is 78.8 cm³/mol. The van der Waals surface area contributed by atoms with Crippen LogP contribution in [0.2, 0.25) is 0 Å². The van der Waals surface area contributed by atoms with Crippen LogP contribution in [0.25, 0.3) is 6.08 Å². The number of hydrogen-bond acceptors (Lipinski definition) is 0. The molecule has 1 unspecified atom stereocenters.